The molecule has 0 radical (unpaired) electrons. The predicted octanol–water partition coefficient (Wildman–Crippen LogP) is 1.87. The minimum Gasteiger partial charge on any atom is -0.380 e. The topological polar surface area (TPSA) is 24.5 Å². The van der Waals surface area contributed by atoms with Gasteiger partial charge in [0.05, 0.1) is 6.10 Å². The second-order valence-electron chi connectivity index (χ2n) is 6.38. The molecular weight excluding hydrogens is 224 g/mol. The van der Waals surface area contributed by atoms with Crippen LogP contribution in [0.1, 0.15) is 39.0 Å². The van der Waals surface area contributed by atoms with E-state index in [1.54, 1.807) is 0 Å². The lowest BCUT2D eigenvalue weighted by atomic mass is 9.89. The molecule has 3 heteroatoms. The lowest BCUT2D eigenvalue weighted by Crippen LogP contribution is -2.50. The van der Waals surface area contributed by atoms with Gasteiger partial charge in [-0.1, -0.05) is 19.8 Å². The van der Waals surface area contributed by atoms with Gasteiger partial charge in [-0.15, -0.1) is 0 Å². The monoisotopic (exact) mass is 252 g/mol. The Morgan fingerprint density at radius 2 is 2.06 bits per heavy atom. The van der Waals surface area contributed by atoms with Crippen LogP contribution < -0.4 is 5.32 Å². The Hall–Kier alpha value is -0.120. The van der Waals surface area contributed by atoms with E-state index in [0.717, 1.165) is 17.9 Å². The number of likely N-dealkylation sites (tertiary alicyclic amines) is 1. The molecule has 5 atom stereocenters. The first-order valence-electron chi connectivity index (χ1n) is 7.84. The van der Waals surface area contributed by atoms with E-state index >= 15 is 0 Å². The maximum Gasteiger partial charge on any atom is 0.0726 e. The standard InChI is InChI=1S/C15H28N2O/c1-3-13-12-9-16-8-11(12)10-17(13)14-6-4-5-7-15(14)18-2/h11-16H,3-10H2,1-2H3. The van der Waals surface area contributed by atoms with E-state index in [-0.39, 0.29) is 0 Å². The van der Waals surface area contributed by atoms with Crippen LogP contribution in [-0.4, -0.2) is 49.8 Å². The highest BCUT2D eigenvalue weighted by molar-refractivity contribution is 5.01. The fraction of sp³-hybridized carbons (Fsp3) is 1.00. The summed E-state index contributed by atoms with van der Waals surface area (Å²) < 4.78 is 5.77. The zero-order valence-electron chi connectivity index (χ0n) is 11.9. The number of methoxy groups -OCH3 is 1. The number of hydrogen-bond acceptors (Lipinski definition) is 3. The van der Waals surface area contributed by atoms with E-state index in [1.165, 1.54) is 51.7 Å². The van der Waals surface area contributed by atoms with E-state index in [9.17, 15) is 0 Å². The van der Waals surface area contributed by atoms with Crippen LogP contribution in [0.2, 0.25) is 0 Å². The van der Waals surface area contributed by atoms with Crippen molar-refractivity contribution in [2.45, 2.75) is 57.2 Å². The fourth-order valence-corrected chi connectivity index (χ4v) is 4.71. The lowest BCUT2D eigenvalue weighted by molar-refractivity contribution is -0.0201. The van der Waals surface area contributed by atoms with Gasteiger partial charge in [0, 0.05) is 25.7 Å². The third-order valence-corrected chi connectivity index (χ3v) is 5.57. The molecule has 3 rings (SSSR count). The van der Waals surface area contributed by atoms with Crippen molar-refractivity contribution in [2.75, 3.05) is 26.7 Å². The van der Waals surface area contributed by atoms with Gasteiger partial charge in [0.25, 0.3) is 0 Å². The molecular formula is C15H28N2O. The zero-order chi connectivity index (χ0) is 12.5. The van der Waals surface area contributed by atoms with Crippen molar-refractivity contribution in [2.24, 2.45) is 11.8 Å². The third-order valence-electron chi connectivity index (χ3n) is 5.57. The fourth-order valence-electron chi connectivity index (χ4n) is 4.71. The summed E-state index contributed by atoms with van der Waals surface area (Å²) in [7, 11) is 1.91. The molecule has 0 bridgehead atoms. The van der Waals surface area contributed by atoms with Crippen molar-refractivity contribution in [1.29, 1.82) is 0 Å². The number of nitrogens with zero attached hydrogens (tertiary/aromatic N) is 1. The minimum atomic E-state index is 0.486. The van der Waals surface area contributed by atoms with Gasteiger partial charge < -0.3 is 10.1 Å². The molecule has 3 aliphatic rings. The van der Waals surface area contributed by atoms with Crippen molar-refractivity contribution in [1.82, 2.24) is 10.2 Å². The van der Waals surface area contributed by atoms with Gasteiger partial charge in [-0.05, 0) is 44.2 Å². The number of fused-ring (bicyclic) bond motifs is 1. The largest absolute Gasteiger partial charge is 0.380 e. The molecule has 0 aromatic rings. The Balaban J connectivity index is 1.74. The van der Waals surface area contributed by atoms with Gasteiger partial charge >= 0.3 is 0 Å². The van der Waals surface area contributed by atoms with Crippen LogP contribution >= 0.6 is 0 Å². The smallest absolute Gasteiger partial charge is 0.0726 e. The molecule has 0 aromatic heterocycles. The van der Waals surface area contributed by atoms with E-state index in [0.29, 0.717) is 12.1 Å². The van der Waals surface area contributed by atoms with E-state index in [1.807, 2.05) is 7.11 Å². The summed E-state index contributed by atoms with van der Waals surface area (Å²) in [4.78, 5) is 2.82. The molecule has 104 valence electrons. The first-order chi connectivity index (χ1) is 8.85. The summed E-state index contributed by atoms with van der Waals surface area (Å²) in [6, 6.07) is 1.49. The summed E-state index contributed by atoms with van der Waals surface area (Å²) in [5, 5.41) is 3.58. The summed E-state index contributed by atoms with van der Waals surface area (Å²) in [6.07, 6.45) is 7.15. The maximum atomic E-state index is 5.77. The Kier molecular flexibility index (Phi) is 3.92. The number of nitrogens with one attached hydrogen (secondary N) is 1. The summed E-state index contributed by atoms with van der Waals surface area (Å²) in [5.74, 6) is 1.80. The maximum absolute atomic E-state index is 5.77. The molecule has 1 aliphatic carbocycles. The molecule has 2 heterocycles. The molecule has 3 nitrogen and oxygen atoms in total. The van der Waals surface area contributed by atoms with Crippen LogP contribution in [0.3, 0.4) is 0 Å². The van der Waals surface area contributed by atoms with Crippen LogP contribution in [0.15, 0.2) is 0 Å². The Morgan fingerprint density at radius 1 is 1.22 bits per heavy atom. The Labute approximate surface area is 111 Å². The molecule has 1 N–H and O–H groups in total. The van der Waals surface area contributed by atoms with Crippen molar-refractivity contribution >= 4 is 0 Å². The first-order valence-corrected chi connectivity index (χ1v) is 7.84. The van der Waals surface area contributed by atoms with Gasteiger partial charge in [-0.3, -0.25) is 4.90 Å². The van der Waals surface area contributed by atoms with E-state index < -0.39 is 0 Å². The molecule has 0 spiro atoms. The average Bonchev–Trinajstić information content (AvgIpc) is 2.98. The van der Waals surface area contributed by atoms with Crippen LogP contribution in [-0.2, 0) is 4.74 Å². The molecule has 2 saturated heterocycles. The molecule has 0 aromatic carbocycles. The third kappa shape index (κ3) is 2.10. The molecule has 2 aliphatic heterocycles. The highest BCUT2D eigenvalue weighted by Crippen LogP contribution is 2.39. The van der Waals surface area contributed by atoms with Gasteiger partial charge in [-0.25, -0.2) is 0 Å². The normalized spacial score (nSPS) is 45.3. The van der Waals surface area contributed by atoms with Crippen LogP contribution in [0.5, 0.6) is 0 Å². The highest BCUT2D eigenvalue weighted by atomic mass is 16.5. The molecule has 3 fully saturated rings. The Bertz CT molecular complexity index is 284. The van der Waals surface area contributed by atoms with Gasteiger partial charge in [0.1, 0.15) is 0 Å². The van der Waals surface area contributed by atoms with Crippen LogP contribution in [0.4, 0.5) is 0 Å². The molecule has 1 saturated carbocycles. The van der Waals surface area contributed by atoms with Crippen molar-refractivity contribution in [3.05, 3.63) is 0 Å². The van der Waals surface area contributed by atoms with E-state index in [2.05, 4.69) is 17.1 Å². The average molecular weight is 252 g/mol. The lowest BCUT2D eigenvalue weighted by Gasteiger charge is -2.41. The number of hydrogen-bond donors (Lipinski definition) is 1. The van der Waals surface area contributed by atoms with Crippen molar-refractivity contribution in [3.63, 3.8) is 0 Å². The minimum absolute atomic E-state index is 0.486. The number of rotatable bonds is 3. The van der Waals surface area contributed by atoms with Gasteiger partial charge in [0.15, 0.2) is 0 Å². The van der Waals surface area contributed by atoms with Crippen LogP contribution in [0, 0.1) is 11.8 Å². The van der Waals surface area contributed by atoms with Crippen molar-refractivity contribution in [3.8, 4) is 0 Å². The predicted molar refractivity (Wildman–Crippen MR) is 73.7 cm³/mol. The summed E-state index contributed by atoms with van der Waals surface area (Å²) in [6.45, 7) is 6.15. The number of ether oxygens (including phenoxy) is 1. The highest BCUT2D eigenvalue weighted by Gasteiger charge is 2.47. The van der Waals surface area contributed by atoms with E-state index in [4.69, 9.17) is 4.74 Å². The van der Waals surface area contributed by atoms with Gasteiger partial charge in [0.2, 0.25) is 0 Å². The summed E-state index contributed by atoms with van der Waals surface area (Å²) >= 11 is 0. The second-order valence-corrected chi connectivity index (χ2v) is 6.38. The Morgan fingerprint density at radius 3 is 2.83 bits per heavy atom. The quantitative estimate of drug-likeness (QED) is 0.830. The molecule has 5 unspecified atom stereocenters. The van der Waals surface area contributed by atoms with Gasteiger partial charge in [-0.2, -0.15) is 0 Å². The molecule has 0 amide bonds. The van der Waals surface area contributed by atoms with Crippen LogP contribution in [0.25, 0.3) is 0 Å². The second kappa shape index (κ2) is 5.48. The zero-order valence-corrected chi connectivity index (χ0v) is 11.9. The summed E-state index contributed by atoms with van der Waals surface area (Å²) in [5.41, 5.74) is 0. The molecule has 18 heavy (non-hydrogen) atoms. The van der Waals surface area contributed by atoms with Crippen molar-refractivity contribution < 1.29 is 4.74 Å². The first kappa shape index (κ1) is 12.9. The SMILES string of the molecule is CCC1C2CNCC2CN1C1CCCCC1OC.